The Kier molecular flexibility index (Phi) is 3.45. The van der Waals surface area contributed by atoms with E-state index in [4.69, 9.17) is 4.42 Å². The fraction of sp³-hybridized carbons (Fsp3) is 0.133. The smallest absolute Gasteiger partial charge is 0.545 e. The normalized spacial score (nSPS) is 10.6. The molecule has 0 aliphatic heterocycles. The third kappa shape index (κ3) is 2.16. The van der Waals surface area contributed by atoms with Gasteiger partial charge in [-0.2, -0.15) is 0 Å². The van der Waals surface area contributed by atoms with Crippen molar-refractivity contribution >= 4 is 27.9 Å². The number of rotatable bonds is 1. The van der Waals surface area contributed by atoms with E-state index in [0.717, 1.165) is 21.9 Å². The minimum Gasteiger partial charge on any atom is -0.545 e. The van der Waals surface area contributed by atoms with Gasteiger partial charge in [-0.15, -0.1) is 0 Å². The molecule has 0 spiro atoms. The minimum atomic E-state index is -1.16. The van der Waals surface area contributed by atoms with Crippen molar-refractivity contribution in [2.24, 2.45) is 0 Å². The molecule has 0 saturated heterocycles. The summed E-state index contributed by atoms with van der Waals surface area (Å²) in [4.78, 5) is 11.0. The molecule has 0 amide bonds. The first-order valence-electron chi connectivity index (χ1n) is 5.71. The van der Waals surface area contributed by atoms with Crippen molar-refractivity contribution in [3.8, 4) is 0 Å². The van der Waals surface area contributed by atoms with Gasteiger partial charge in [0.15, 0.2) is 0 Å². The molecular weight excluding hydrogens is 235 g/mol. The molecule has 0 unspecified atom stereocenters. The zero-order valence-electron chi connectivity index (χ0n) is 11.1. The first-order valence-corrected chi connectivity index (χ1v) is 5.71. The van der Waals surface area contributed by atoms with E-state index in [0.29, 0.717) is 11.1 Å². The third-order valence-electron chi connectivity index (χ3n) is 3.19. The fourth-order valence-electron chi connectivity index (χ4n) is 2.25. The summed E-state index contributed by atoms with van der Waals surface area (Å²) in [5, 5.41) is 12.8. The van der Waals surface area contributed by atoms with Crippen LogP contribution in [0.25, 0.3) is 21.9 Å². The van der Waals surface area contributed by atoms with Gasteiger partial charge in [0.25, 0.3) is 0 Å². The molecule has 0 atom stereocenters. The van der Waals surface area contributed by atoms with Gasteiger partial charge in [0.1, 0.15) is 11.2 Å². The van der Waals surface area contributed by atoms with Crippen molar-refractivity contribution in [3.05, 3.63) is 47.0 Å². The summed E-state index contributed by atoms with van der Waals surface area (Å²) >= 11 is 0. The number of carboxylic acids is 1. The largest absolute Gasteiger partial charge is 1.00 e. The molecule has 0 aliphatic rings. The number of benzene rings is 2. The standard InChI is InChI=1S/C15H12O3.Li/c1-8-3-4-10-12-7-11(15(16)17)9(2)6-14(12)18-13(10)5-8;/h3-7H,1-2H3,(H,16,17);/q;+1/p-1. The van der Waals surface area contributed by atoms with Gasteiger partial charge in [0.2, 0.25) is 0 Å². The van der Waals surface area contributed by atoms with Crippen LogP contribution in [-0.4, -0.2) is 5.97 Å². The van der Waals surface area contributed by atoms with Crippen molar-refractivity contribution in [2.75, 3.05) is 0 Å². The van der Waals surface area contributed by atoms with E-state index < -0.39 is 5.97 Å². The quantitative estimate of drug-likeness (QED) is 0.547. The molecule has 0 bridgehead atoms. The molecule has 1 heterocycles. The van der Waals surface area contributed by atoms with Crippen LogP contribution in [0, 0.1) is 13.8 Å². The van der Waals surface area contributed by atoms with Gasteiger partial charge in [-0.1, -0.05) is 12.1 Å². The summed E-state index contributed by atoms with van der Waals surface area (Å²) in [7, 11) is 0. The summed E-state index contributed by atoms with van der Waals surface area (Å²) in [6, 6.07) is 9.25. The number of furan rings is 1. The number of hydrogen-bond donors (Lipinski definition) is 0. The van der Waals surface area contributed by atoms with E-state index >= 15 is 0 Å². The SMILES string of the molecule is Cc1ccc2c(c1)oc1cc(C)c(C(=O)[O-])cc12.[Li+]. The summed E-state index contributed by atoms with van der Waals surface area (Å²) < 4.78 is 5.74. The van der Waals surface area contributed by atoms with E-state index in [9.17, 15) is 9.90 Å². The van der Waals surface area contributed by atoms with Crippen LogP contribution < -0.4 is 24.0 Å². The maximum Gasteiger partial charge on any atom is 1.00 e. The van der Waals surface area contributed by atoms with E-state index in [1.807, 2.05) is 25.1 Å². The number of carboxylic acid groups (broad SMARTS) is 1. The first-order chi connectivity index (χ1) is 8.56. The number of hydrogen-bond acceptors (Lipinski definition) is 3. The summed E-state index contributed by atoms with van der Waals surface area (Å²) in [6.45, 7) is 3.73. The number of carbonyl (C=O) groups is 1. The van der Waals surface area contributed by atoms with E-state index in [1.165, 1.54) is 0 Å². The zero-order chi connectivity index (χ0) is 12.9. The molecule has 2 aromatic carbocycles. The van der Waals surface area contributed by atoms with Crippen molar-refractivity contribution in [2.45, 2.75) is 13.8 Å². The molecule has 4 heteroatoms. The Hall–Kier alpha value is -1.69. The predicted octanol–water partition coefficient (Wildman–Crippen LogP) is -0.430. The van der Waals surface area contributed by atoms with E-state index in [2.05, 4.69) is 0 Å². The summed E-state index contributed by atoms with van der Waals surface area (Å²) in [6.07, 6.45) is 0. The van der Waals surface area contributed by atoms with Crippen molar-refractivity contribution < 1.29 is 33.2 Å². The van der Waals surface area contributed by atoms with Crippen molar-refractivity contribution in [1.29, 1.82) is 0 Å². The van der Waals surface area contributed by atoms with Gasteiger partial charge >= 0.3 is 18.9 Å². The Morgan fingerprint density at radius 3 is 2.42 bits per heavy atom. The number of aryl methyl sites for hydroxylation is 2. The van der Waals surface area contributed by atoms with Gasteiger partial charge in [0.05, 0.1) is 5.97 Å². The number of fused-ring (bicyclic) bond motifs is 3. The van der Waals surface area contributed by atoms with Crippen LogP contribution >= 0.6 is 0 Å². The van der Waals surface area contributed by atoms with Gasteiger partial charge in [-0.3, -0.25) is 0 Å². The molecule has 1 aromatic heterocycles. The molecular formula is C15H11LiO3. The van der Waals surface area contributed by atoms with Crippen LogP contribution in [0.5, 0.6) is 0 Å². The minimum absolute atomic E-state index is 0. The first kappa shape index (κ1) is 13.7. The second-order valence-corrected chi connectivity index (χ2v) is 4.55. The van der Waals surface area contributed by atoms with Crippen LogP contribution in [0.4, 0.5) is 0 Å². The van der Waals surface area contributed by atoms with Gasteiger partial charge in [-0.05, 0) is 43.2 Å². The van der Waals surface area contributed by atoms with Crippen LogP contribution in [-0.2, 0) is 0 Å². The molecule has 90 valence electrons. The topological polar surface area (TPSA) is 53.3 Å². The van der Waals surface area contributed by atoms with Gasteiger partial charge < -0.3 is 14.3 Å². The molecule has 0 radical (unpaired) electrons. The predicted molar refractivity (Wildman–Crippen MR) is 67.5 cm³/mol. The maximum atomic E-state index is 11.0. The Bertz CT molecular complexity index is 787. The monoisotopic (exact) mass is 246 g/mol. The summed E-state index contributed by atoms with van der Waals surface area (Å²) in [5.74, 6) is -1.16. The Labute approximate surface area is 122 Å². The molecule has 0 aliphatic carbocycles. The van der Waals surface area contributed by atoms with Crippen LogP contribution in [0.1, 0.15) is 21.5 Å². The number of aromatic carboxylic acids is 1. The zero-order valence-corrected chi connectivity index (χ0v) is 11.1. The molecule has 0 saturated carbocycles. The molecule has 0 N–H and O–H groups in total. The summed E-state index contributed by atoms with van der Waals surface area (Å²) in [5.41, 5.74) is 3.46. The van der Waals surface area contributed by atoms with Crippen LogP contribution in [0.15, 0.2) is 34.7 Å². The average molecular weight is 246 g/mol. The Morgan fingerprint density at radius 2 is 1.74 bits per heavy atom. The van der Waals surface area contributed by atoms with Crippen LogP contribution in [0.3, 0.4) is 0 Å². The fourth-order valence-corrected chi connectivity index (χ4v) is 2.25. The van der Waals surface area contributed by atoms with Crippen LogP contribution in [0.2, 0.25) is 0 Å². The van der Waals surface area contributed by atoms with Gasteiger partial charge in [-0.25, -0.2) is 0 Å². The van der Waals surface area contributed by atoms with Crippen molar-refractivity contribution in [3.63, 3.8) is 0 Å². The van der Waals surface area contributed by atoms with E-state index in [-0.39, 0.29) is 24.4 Å². The molecule has 3 nitrogen and oxygen atoms in total. The molecule has 0 fully saturated rings. The number of carbonyl (C=O) groups excluding carboxylic acids is 1. The Morgan fingerprint density at radius 1 is 1.05 bits per heavy atom. The van der Waals surface area contributed by atoms with Gasteiger partial charge in [0, 0.05) is 16.3 Å². The second kappa shape index (κ2) is 4.77. The molecule has 19 heavy (non-hydrogen) atoms. The average Bonchev–Trinajstić information content (AvgIpc) is 2.63. The third-order valence-corrected chi connectivity index (χ3v) is 3.19. The maximum absolute atomic E-state index is 11.0. The molecule has 3 rings (SSSR count). The van der Waals surface area contributed by atoms with E-state index in [1.54, 1.807) is 19.1 Å². The Balaban J connectivity index is 0.00000133. The second-order valence-electron chi connectivity index (χ2n) is 4.55. The van der Waals surface area contributed by atoms with Crippen molar-refractivity contribution in [1.82, 2.24) is 0 Å². The molecule has 3 aromatic rings.